The maximum absolute atomic E-state index is 13.4. The minimum absolute atomic E-state index is 0.130. The summed E-state index contributed by atoms with van der Waals surface area (Å²) >= 11 is 7.26. The molecule has 37 heavy (non-hydrogen) atoms. The average molecular weight is 563 g/mol. The van der Waals surface area contributed by atoms with Crippen LogP contribution in [0.4, 0.5) is 11.8 Å². The molecule has 0 radical (unpaired) electrons. The first-order valence-corrected chi connectivity index (χ1v) is 15.0. The van der Waals surface area contributed by atoms with Crippen molar-refractivity contribution in [3.05, 3.63) is 41.6 Å². The van der Waals surface area contributed by atoms with Gasteiger partial charge in [0.25, 0.3) is 10.0 Å². The number of aromatic nitrogens is 2. The van der Waals surface area contributed by atoms with Crippen molar-refractivity contribution in [3.63, 3.8) is 0 Å². The summed E-state index contributed by atoms with van der Waals surface area (Å²) in [6.45, 7) is 4.46. The molecule has 4 heterocycles. The zero-order chi connectivity index (χ0) is 26.3. The summed E-state index contributed by atoms with van der Waals surface area (Å²) in [6, 6.07) is 8.74. The van der Waals surface area contributed by atoms with Crippen molar-refractivity contribution in [2.75, 3.05) is 56.6 Å². The van der Waals surface area contributed by atoms with E-state index < -0.39 is 10.0 Å². The number of benzene rings is 1. The third-order valence-electron chi connectivity index (χ3n) is 7.11. The molecular formula is C25H31ClN6O3S2. The molecule has 1 unspecified atom stereocenters. The molecule has 0 aliphatic carbocycles. The molecule has 2 aromatic heterocycles. The van der Waals surface area contributed by atoms with E-state index in [1.165, 1.54) is 15.6 Å². The quantitative estimate of drug-likeness (QED) is 0.454. The highest BCUT2D eigenvalue weighted by Gasteiger charge is 2.38. The predicted octanol–water partition coefficient (Wildman–Crippen LogP) is 3.55. The smallest absolute Gasteiger partial charge is 0.253 e. The van der Waals surface area contributed by atoms with E-state index in [4.69, 9.17) is 11.6 Å². The van der Waals surface area contributed by atoms with Gasteiger partial charge in [0.1, 0.15) is 10.0 Å². The van der Waals surface area contributed by atoms with Crippen LogP contribution in [-0.4, -0.2) is 86.4 Å². The average Bonchev–Trinajstić information content (AvgIpc) is 3.31. The molecule has 1 amide bonds. The minimum atomic E-state index is -3.77. The van der Waals surface area contributed by atoms with Gasteiger partial charge < -0.3 is 14.7 Å². The number of halogens is 1. The number of thiophene rings is 1. The van der Waals surface area contributed by atoms with Gasteiger partial charge in [0.05, 0.1) is 6.54 Å². The minimum Gasteiger partial charge on any atom is -0.356 e. The van der Waals surface area contributed by atoms with Crippen molar-refractivity contribution in [2.24, 2.45) is 5.92 Å². The van der Waals surface area contributed by atoms with E-state index in [0.29, 0.717) is 23.4 Å². The van der Waals surface area contributed by atoms with Crippen molar-refractivity contribution in [1.82, 2.24) is 19.2 Å². The van der Waals surface area contributed by atoms with Crippen LogP contribution in [0.3, 0.4) is 0 Å². The lowest BCUT2D eigenvalue weighted by Crippen LogP contribution is -2.58. The Morgan fingerprint density at radius 2 is 1.92 bits per heavy atom. The maximum Gasteiger partial charge on any atom is 0.253 e. The van der Waals surface area contributed by atoms with Gasteiger partial charge in [0.15, 0.2) is 0 Å². The molecule has 2 aliphatic heterocycles. The SMILES string of the molecule is CC1CN(S(=O)(=O)c2cc3ccc(Cl)cc3s2)CC(=O)N1CC1CCN(c2ccnc(N(C)C)n2)CC1. The number of piperazine rings is 1. The Kier molecular flexibility index (Phi) is 7.32. The third kappa shape index (κ3) is 5.41. The molecule has 0 saturated carbocycles. The highest BCUT2D eigenvalue weighted by atomic mass is 35.5. The Morgan fingerprint density at radius 3 is 2.62 bits per heavy atom. The van der Waals surface area contributed by atoms with Gasteiger partial charge in [-0.2, -0.15) is 9.29 Å². The fourth-order valence-corrected chi connectivity index (χ4v) is 8.30. The zero-order valence-electron chi connectivity index (χ0n) is 21.2. The summed E-state index contributed by atoms with van der Waals surface area (Å²) in [7, 11) is 0.0797. The number of carbonyl (C=O) groups is 1. The Labute approximate surface area is 226 Å². The lowest BCUT2D eigenvalue weighted by Gasteiger charge is -2.42. The van der Waals surface area contributed by atoms with Crippen molar-refractivity contribution in [3.8, 4) is 0 Å². The highest BCUT2D eigenvalue weighted by Crippen LogP contribution is 2.34. The Hall–Kier alpha value is -2.47. The lowest BCUT2D eigenvalue weighted by atomic mass is 9.95. The van der Waals surface area contributed by atoms with Crippen LogP contribution in [0.1, 0.15) is 19.8 Å². The highest BCUT2D eigenvalue weighted by molar-refractivity contribution is 7.91. The van der Waals surface area contributed by atoms with Crippen LogP contribution in [0, 0.1) is 5.92 Å². The van der Waals surface area contributed by atoms with Crippen LogP contribution >= 0.6 is 22.9 Å². The maximum atomic E-state index is 13.4. The molecule has 1 atom stereocenters. The number of hydrogen-bond donors (Lipinski definition) is 0. The number of anilines is 2. The fraction of sp³-hybridized carbons (Fsp3) is 0.480. The summed E-state index contributed by atoms with van der Waals surface area (Å²) in [6.07, 6.45) is 3.68. The van der Waals surface area contributed by atoms with Crippen LogP contribution in [0.15, 0.2) is 40.7 Å². The number of carbonyl (C=O) groups excluding carboxylic acids is 1. The van der Waals surface area contributed by atoms with Gasteiger partial charge in [-0.1, -0.05) is 17.7 Å². The summed E-state index contributed by atoms with van der Waals surface area (Å²) in [5.41, 5.74) is 0. The summed E-state index contributed by atoms with van der Waals surface area (Å²) in [5, 5.41) is 1.40. The van der Waals surface area contributed by atoms with E-state index >= 15 is 0 Å². The van der Waals surface area contributed by atoms with Crippen molar-refractivity contribution in [2.45, 2.75) is 30.0 Å². The molecule has 2 aliphatic rings. The first-order chi connectivity index (χ1) is 17.6. The number of rotatable bonds is 6. The first-order valence-electron chi connectivity index (χ1n) is 12.4. The topological polar surface area (TPSA) is 90.0 Å². The van der Waals surface area contributed by atoms with E-state index in [1.54, 1.807) is 24.4 Å². The standard InChI is InChI=1S/C25H31ClN6O3S2/c1-17-14-31(37(34,35)24-12-19-4-5-20(26)13-21(19)36-24)16-23(33)32(17)15-18-7-10-30(11-8-18)22-6-9-27-25(28-22)29(2)3/h4-6,9,12-13,17-18H,7-8,10-11,14-16H2,1-3H3. The Bertz CT molecular complexity index is 1400. The first kappa shape index (κ1) is 26.1. The van der Waals surface area contributed by atoms with Crippen LogP contribution in [0.5, 0.6) is 0 Å². The Morgan fingerprint density at radius 1 is 1.16 bits per heavy atom. The molecule has 0 spiro atoms. The molecule has 2 fully saturated rings. The molecule has 2 saturated heterocycles. The Balaban J connectivity index is 1.21. The fourth-order valence-electron chi connectivity index (χ4n) is 5.00. The molecule has 5 rings (SSSR count). The molecule has 3 aromatic rings. The number of nitrogens with zero attached hydrogens (tertiary/aromatic N) is 6. The summed E-state index contributed by atoms with van der Waals surface area (Å²) in [4.78, 5) is 28.1. The van der Waals surface area contributed by atoms with E-state index in [9.17, 15) is 13.2 Å². The molecule has 12 heteroatoms. The van der Waals surface area contributed by atoms with Crippen molar-refractivity contribution in [1.29, 1.82) is 0 Å². The van der Waals surface area contributed by atoms with E-state index in [0.717, 1.165) is 41.8 Å². The largest absolute Gasteiger partial charge is 0.356 e. The van der Waals surface area contributed by atoms with Gasteiger partial charge in [-0.15, -0.1) is 11.3 Å². The molecule has 198 valence electrons. The number of fused-ring (bicyclic) bond motifs is 1. The van der Waals surface area contributed by atoms with E-state index in [2.05, 4.69) is 14.9 Å². The van der Waals surface area contributed by atoms with Gasteiger partial charge in [0.2, 0.25) is 11.9 Å². The van der Waals surface area contributed by atoms with Crippen LogP contribution < -0.4 is 9.80 Å². The van der Waals surface area contributed by atoms with E-state index in [-0.39, 0.29) is 29.2 Å². The predicted molar refractivity (Wildman–Crippen MR) is 148 cm³/mol. The molecule has 0 N–H and O–H groups in total. The summed E-state index contributed by atoms with van der Waals surface area (Å²) < 4.78 is 29.1. The number of piperidine rings is 1. The second-order valence-electron chi connectivity index (χ2n) is 9.98. The van der Waals surface area contributed by atoms with Gasteiger partial charge in [-0.05, 0) is 55.3 Å². The molecule has 0 bridgehead atoms. The van der Waals surface area contributed by atoms with Crippen LogP contribution in [0.2, 0.25) is 5.02 Å². The van der Waals surface area contributed by atoms with Crippen molar-refractivity contribution < 1.29 is 13.2 Å². The normalized spacial score (nSPS) is 20.1. The van der Waals surface area contributed by atoms with Gasteiger partial charge in [0, 0.05) is 62.2 Å². The van der Waals surface area contributed by atoms with Crippen molar-refractivity contribution >= 4 is 60.7 Å². The van der Waals surface area contributed by atoms with E-state index in [1.807, 2.05) is 43.0 Å². The molecule has 1 aromatic carbocycles. The van der Waals surface area contributed by atoms with Gasteiger partial charge >= 0.3 is 0 Å². The lowest BCUT2D eigenvalue weighted by molar-refractivity contribution is -0.137. The van der Waals surface area contributed by atoms with Gasteiger partial charge in [-0.3, -0.25) is 4.79 Å². The monoisotopic (exact) mass is 562 g/mol. The van der Waals surface area contributed by atoms with Crippen LogP contribution in [0.25, 0.3) is 10.1 Å². The summed E-state index contributed by atoms with van der Waals surface area (Å²) in [5.74, 6) is 1.84. The van der Waals surface area contributed by atoms with Gasteiger partial charge in [-0.25, -0.2) is 13.4 Å². The van der Waals surface area contributed by atoms with Crippen LogP contribution in [-0.2, 0) is 14.8 Å². The second-order valence-corrected chi connectivity index (χ2v) is 13.7. The molecule has 9 nitrogen and oxygen atoms in total. The number of amides is 1. The number of hydrogen-bond acceptors (Lipinski definition) is 8. The zero-order valence-corrected chi connectivity index (χ0v) is 23.6. The third-order valence-corrected chi connectivity index (χ3v) is 10.7. The molecular weight excluding hydrogens is 532 g/mol. The second kappa shape index (κ2) is 10.4. The number of sulfonamides is 1.